The van der Waals surface area contributed by atoms with Gasteiger partial charge in [-0.05, 0) is 24.5 Å². The molecule has 0 aliphatic rings. The number of hydrogen-bond donors (Lipinski definition) is 1. The molecule has 2 aromatic carbocycles. The number of hydrogen-bond acceptors (Lipinski definition) is 5. The number of ether oxygens (including phenoxy) is 1. The lowest BCUT2D eigenvalue weighted by molar-refractivity contribution is -0.116. The SMILES string of the molecule is CCOC(=O)c1c(-c2ccc(CC)cc2)csc1NC(=O)CCC(=O)c1ccccc1. The molecule has 0 spiro atoms. The first-order valence-electron chi connectivity index (χ1n) is 10.3. The van der Waals surface area contributed by atoms with Crippen molar-refractivity contribution in [2.45, 2.75) is 33.1 Å². The van der Waals surface area contributed by atoms with Gasteiger partial charge in [-0.3, -0.25) is 9.59 Å². The van der Waals surface area contributed by atoms with E-state index in [1.165, 1.54) is 16.9 Å². The molecule has 1 heterocycles. The zero-order chi connectivity index (χ0) is 22.2. The van der Waals surface area contributed by atoms with Gasteiger partial charge in [0.2, 0.25) is 5.91 Å². The summed E-state index contributed by atoms with van der Waals surface area (Å²) >= 11 is 1.28. The van der Waals surface area contributed by atoms with Crippen LogP contribution in [0.1, 0.15) is 53.0 Å². The summed E-state index contributed by atoms with van der Waals surface area (Å²) in [6.45, 7) is 4.06. The van der Waals surface area contributed by atoms with E-state index in [-0.39, 0.29) is 31.1 Å². The van der Waals surface area contributed by atoms with Gasteiger partial charge >= 0.3 is 5.97 Å². The van der Waals surface area contributed by atoms with Crippen molar-refractivity contribution < 1.29 is 19.1 Å². The van der Waals surface area contributed by atoms with Crippen molar-refractivity contribution in [3.8, 4) is 11.1 Å². The molecular weight excluding hydrogens is 410 g/mol. The lowest BCUT2D eigenvalue weighted by Gasteiger charge is -2.09. The highest BCUT2D eigenvalue weighted by Gasteiger charge is 2.23. The average Bonchev–Trinajstić information content (AvgIpc) is 3.21. The molecule has 0 fully saturated rings. The van der Waals surface area contributed by atoms with E-state index in [1.54, 1.807) is 31.2 Å². The average molecular weight is 436 g/mol. The predicted octanol–water partition coefficient (Wildman–Crippen LogP) is 5.76. The van der Waals surface area contributed by atoms with Crippen molar-refractivity contribution in [1.82, 2.24) is 0 Å². The van der Waals surface area contributed by atoms with Crippen molar-refractivity contribution in [3.63, 3.8) is 0 Å². The first-order valence-corrected chi connectivity index (χ1v) is 11.2. The Morgan fingerprint density at radius 2 is 1.65 bits per heavy atom. The summed E-state index contributed by atoms with van der Waals surface area (Å²) in [6, 6.07) is 16.9. The number of carbonyl (C=O) groups is 3. The molecule has 160 valence electrons. The van der Waals surface area contributed by atoms with E-state index in [0.717, 1.165) is 17.5 Å². The lowest BCUT2D eigenvalue weighted by atomic mass is 10.0. The van der Waals surface area contributed by atoms with Crippen LogP contribution in [-0.4, -0.2) is 24.3 Å². The number of nitrogens with one attached hydrogen (secondary N) is 1. The van der Waals surface area contributed by atoms with Crippen LogP contribution in [0.4, 0.5) is 5.00 Å². The maximum absolute atomic E-state index is 12.7. The Bertz CT molecular complexity index is 1050. The summed E-state index contributed by atoms with van der Waals surface area (Å²) in [7, 11) is 0. The second-order valence-corrected chi connectivity index (χ2v) is 7.84. The monoisotopic (exact) mass is 435 g/mol. The fourth-order valence-corrected chi connectivity index (χ4v) is 4.15. The zero-order valence-corrected chi connectivity index (χ0v) is 18.5. The Morgan fingerprint density at radius 1 is 0.935 bits per heavy atom. The van der Waals surface area contributed by atoms with Gasteiger partial charge in [0.1, 0.15) is 10.6 Å². The van der Waals surface area contributed by atoms with Crippen LogP contribution < -0.4 is 5.32 Å². The molecule has 1 N–H and O–H groups in total. The minimum absolute atomic E-state index is 0.0361. The van der Waals surface area contributed by atoms with E-state index in [4.69, 9.17) is 4.74 Å². The highest BCUT2D eigenvalue weighted by atomic mass is 32.1. The molecule has 0 atom stereocenters. The first-order chi connectivity index (χ1) is 15.0. The molecule has 0 aliphatic carbocycles. The van der Waals surface area contributed by atoms with E-state index in [9.17, 15) is 14.4 Å². The van der Waals surface area contributed by atoms with Crippen LogP contribution in [0.5, 0.6) is 0 Å². The second kappa shape index (κ2) is 10.7. The van der Waals surface area contributed by atoms with Gasteiger partial charge < -0.3 is 10.1 Å². The Hall–Kier alpha value is -3.25. The topological polar surface area (TPSA) is 72.5 Å². The van der Waals surface area contributed by atoms with Crippen LogP contribution in [0, 0.1) is 0 Å². The number of rotatable bonds is 9. The van der Waals surface area contributed by atoms with Gasteiger partial charge in [-0.25, -0.2) is 4.79 Å². The van der Waals surface area contributed by atoms with Crippen LogP contribution in [0.25, 0.3) is 11.1 Å². The van der Waals surface area contributed by atoms with Crippen LogP contribution in [0.15, 0.2) is 60.0 Å². The minimum atomic E-state index is -0.478. The fourth-order valence-electron chi connectivity index (χ4n) is 3.17. The highest BCUT2D eigenvalue weighted by molar-refractivity contribution is 7.15. The summed E-state index contributed by atoms with van der Waals surface area (Å²) in [4.78, 5) is 37.4. The molecule has 0 radical (unpaired) electrons. The Kier molecular flexibility index (Phi) is 7.73. The third-order valence-corrected chi connectivity index (χ3v) is 5.77. The standard InChI is InChI=1S/C25H25NO4S/c1-3-17-10-12-18(13-11-17)20-16-31-24(23(20)25(29)30-4-2)26-22(28)15-14-21(27)19-8-6-5-7-9-19/h5-13,16H,3-4,14-15H2,1-2H3,(H,26,28). The largest absolute Gasteiger partial charge is 0.462 e. The van der Waals surface area contributed by atoms with E-state index in [2.05, 4.69) is 12.2 Å². The van der Waals surface area contributed by atoms with Crippen LogP contribution in [0.3, 0.4) is 0 Å². The zero-order valence-electron chi connectivity index (χ0n) is 17.6. The van der Waals surface area contributed by atoms with Crippen LogP contribution in [0.2, 0.25) is 0 Å². The molecule has 0 saturated carbocycles. The molecule has 5 nitrogen and oxygen atoms in total. The van der Waals surface area contributed by atoms with Gasteiger partial charge in [-0.2, -0.15) is 0 Å². The van der Waals surface area contributed by atoms with Crippen molar-refractivity contribution in [1.29, 1.82) is 0 Å². The third kappa shape index (κ3) is 5.67. The molecule has 0 unspecified atom stereocenters. The Labute approximate surface area is 186 Å². The fraction of sp³-hybridized carbons (Fsp3) is 0.240. The van der Waals surface area contributed by atoms with Gasteiger partial charge in [-0.1, -0.05) is 61.5 Å². The second-order valence-electron chi connectivity index (χ2n) is 6.96. The quantitative estimate of drug-likeness (QED) is 0.343. The van der Waals surface area contributed by atoms with E-state index in [1.807, 2.05) is 35.7 Å². The number of thiophene rings is 1. The maximum atomic E-state index is 12.7. The van der Waals surface area contributed by atoms with Gasteiger partial charge in [-0.15, -0.1) is 11.3 Å². The number of Topliss-reactive ketones (excluding diaryl/α,β-unsaturated/α-hetero) is 1. The van der Waals surface area contributed by atoms with Crippen molar-refractivity contribution >= 4 is 34.0 Å². The maximum Gasteiger partial charge on any atom is 0.341 e. The predicted molar refractivity (Wildman–Crippen MR) is 124 cm³/mol. The number of benzene rings is 2. The number of ketones is 1. The smallest absolute Gasteiger partial charge is 0.341 e. The van der Waals surface area contributed by atoms with Crippen LogP contribution in [-0.2, 0) is 16.0 Å². The number of amides is 1. The molecule has 6 heteroatoms. The highest BCUT2D eigenvalue weighted by Crippen LogP contribution is 2.36. The lowest BCUT2D eigenvalue weighted by Crippen LogP contribution is -2.15. The summed E-state index contributed by atoms with van der Waals surface area (Å²) in [6.07, 6.45) is 1.06. The summed E-state index contributed by atoms with van der Waals surface area (Å²) < 4.78 is 5.23. The van der Waals surface area contributed by atoms with Gasteiger partial charge in [0.15, 0.2) is 5.78 Å². The molecule has 3 rings (SSSR count). The third-order valence-electron chi connectivity index (χ3n) is 4.87. The van der Waals surface area contributed by atoms with E-state index >= 15 is 0 Å². The van der Waals surface area contributed by atoms with Crippen molar-refractivity contribution in [2.75, 3.05) is 11.9 Å². The molecule has 31 heavy (non-hydrogen) atoms. The Balaban J connectivity index is 1.76. The van der Waals surface area contributed by atoms with Crippen LogP contribution >= 0.6 is 11.3 Å². The number of carbonyl (C=O) groups excluding carboxylic acids is 3. The van der Waals surface area contributed by atoms with Gasteiger partial charge in [0.25, 0.3) is 0 Å². The van der Waals surface area contributed by atoms with E-state index < -0.39 is 5.97 Å². The number of esters is 1. The molecule has 1 aromatic heterocycles. The van der Waals surface area contributed by atoms with Crippen molar-refractivity contribution in [2.24, 2.45) is 0 Å². The van der Waals surface area contributed by atoms with E-state index in [0.29, 0.717) is 16.1 Å². The summed E-state index contributed by atoms with van der Waals surface area (Å²) in [5, 5.41) is 5.08. The molecular formula is C25H25NO4S. The number of aryl methyl sites for hydroxylation is 1. The van der Waals surface area contributed by atoms with Crippen molar-refractivity contribution in [3.05, 3.63) is 76.7 Å². The normalized spacial score (nSPS) is 10.5. The van der Waals surface area contributed by atoms with Gasteiger partial charge in [0, 0.05) is 29.3 Å². The molecule has 1 amide bonds. The number of anilines is 1. The van der Waals surface area contributed by atoms with Gasteiger partial charge in [0.05, 0.1) is 6.61 Å². The minimum Gasteiger partial charge on any atom is -0.462 e. The summed E-state index contributed by atoms with van der Waals surface area (Å²) in [5.74, 6) is -0.886. The molecule has 0 saturated heterocycles. The first kappa shape index (κ1) is 22.4. The molecule has 0 bridgehead atoms. The molecule has 3 aromatic rings. The molecule has 0 aliphatic heterocycles. The summed E-state index contributed by atoms with van der Waals surface area (Å²) in [5.41, 5.74) is 3.74. The Morgan fingerprint density at radius 3 is 2.29 bits per heavy atom.